The number of rotatable bonds is 2. The molecule has 5 heteroatoms. The van der Waals surface area contributed by atoms with E-state index in [1.807, 2.05) is 12.1 Å². The summed E-state index contributed by atoms with van der Waals surface area (Å²) in [5, 5.41) is 10.7. The Morgan fingerprint density at radius 3 is 2.70 bits per heavy atom. The number of halogens is 1. The molecule has 0 bridgehead atoms. The molecular formula is C15H14ClN3O. The van der Waals surface area contributed by atoms with Gasteiger partial charge in [-0.2, -0.15) is 0 Å². The van der Waals surface area contributed by atoms with Gasteiger partial charge >= 0.3 is 0 Å². The summed E-state index contributed by atoms with van der Waals surface area (Å²) in [5.74, 6) is 0.428. The van der Waals surface area contributed by atoms with E-state index >= 15 is 0 Å². The molecule has 2 aromatic rings. The number of carbonyl (C=O) groups is 1. The fourth-order valence-corrected chi connectivity index (χ4v) is 2.63. The Balaban J connectivity index is 1.68. The number of hydrogen-bond acceptors (Lipinski definition) is 3. The third kappa shape index (κ3) is 2.80. The Kier molecular flexibility index (Phi) is 3.65. The lowest BCUT2D eigenvalue weighted by atomic mass is 9.83. The van der Waals surface area contributed by atoms with Crippen LogP contribution in [0.5, 0.6) is 0 Å². The molecule has 3 rings (SSSR count). The van der Waals surface area contributed by atoms with Crippen molar-refractivity contribution in [2.24, 2.45) is 5.92 Å². The summed E-state index contributed by atoms with van der Waals surface area (Å²) in [4.78, 5) is 12.3. The van der Waals surface area contributed by atoms with Gasteiger partial charge < -0.3 is 5.32 Å². The first kappa shape index (κ1) is 13.1. The normalized spacial score (nSPS) is 17.4. The number of hydrogen-bond donors (Lipinski definition) is 1. The number of nitrogens with one attached hydrogen (secondary N) is 1. The van der Waals surface area contributed by atoms with Crippen LogP contribution < -0.4 is 5.32 Å². The standard InChI is InChI=1S/C15H14ClN3O/c16-13-7-8-14(19-18-13)17-15(20)12-6-5-10-3-1-2-4-11(10)9-12/h1-4,7-8,12H,5-6,9H2,(H,17,19,20). The van der Waals surface area contributed by atoms with Crippen molar-refractivity contribution in [2.75, 3.05) is 5.32 Å². The van der Waals surface area contributed by atoms with Gasteiger partial charge in [0.15, 0.2) is 11.0 Å². The largest absolute Gasteiger partial charge is 0.309 e. The Labute approximate surface area is 122 Å². The zero-order valence-corrected chi connectivity index (χ0v) is 11.6. The van der Waals surface area contributed by atoms with E-state index in [0.29, 0.717) is 11.0 Å². The van der Waals surface area contributed by atoms with Gasteiger partial charge in [-0.15, -0.1) is 10.2 Å². The highest BCUT2D eigenvalue weighted by Crippen LogP contribution is 2.26. The molecule has 1 aliphatic rings. The van der Waals surface area contributed by atoms with E-state index in [4.69, 9.17) is 11.6 Å². The fraction of sp³-hybridized carbons (Fsp3) is 0.267. The maximum absolute atomic E-state index is 12.3. The molecule has 0 spiro atoms. The summed E-state index contributed by atoms with van der Waals surface area (Å²) >= 11 is 5.67. The van der Waals surface area contributed by atoms with Crippen LogP contribution in [0, 0.1) is 5.92 Å². The van der Waals surface area contributed by atoms with Gasteiger partial charge in [-0.3, -0.25) is 4.79 Å². The number of fused-ring (bicyclic) bond motifs is 1. The number of carbonyl (C=O) groups excluding carboxylic acids is 1. The van der Waals surface area contributed by atoms with E-state index < -0.39 is 0 Å². The van der Waals surface area contributed by atoms with Gasteiger partial charge in [0.05, 0.1) is 0 Å². The first-order valence-corrected chi connectivity index (χ1v) is 6.97. The number of amides is 1. The molecule has 1 aliphatic carbocycles. The molecule has 102 valence electrons. The molecule has 4 nitrogen and oxygen atoms in total. The highest BCUT2D eigenvalue weighted by Gasteiger charge is 2.24. The maximum atomic E-state index is 12.3. The van der Waals surface area contributed by atoms with Crippen LogP contribution in [0.3, 0.4) is 0 Å². The van der Waals surface area contributed by atoms with Crippen LogP contribution in [-0.4, -0.2) is 16.1 Å². The summed E-state index contributed by atoms with van der Waals surface area (Å²) in [5.41, 5.74) is 2.61. The van der Waals surface area contributed by atoms with Crippen molar-refractivity contribution in [2.45, 2.75) is 19.3 Å². The topological polar surface area (TPSA) is 54.9 Å². The minimum Gasteiger partial charge on any atom is -0.309 e. The van der Waals surface area contributed by atoms with E-state index in [2.05, 4.69) is 27.6 Å². The van der Waals surface area contributed by atoms with Crippen molar-refractivity contribution in [3.05, 3.63) is 52.7 Å². The van der Waals surface area contributed by atoms with Gasteiger partial charge in [0, 0.05) is 5.92 Å². The Morgan fingerprint density at radius 2 is 1.95 bits per heavy atom. The molecule has 1 unspecified atom stereocenters. The van der Waals surface area contributed by atoms with Gasteiger partial charge in [0.1, 0.15) is 0 Å². The molecule has 1 heterocycles. The number of anilines is 1. The van der Waals surface area contributed by atoms with Crippen LogP contribution in [0.15, 0.2) is 36.4 Å². The highest BCUT2D eigenvalue weighted by molar-refractivity contribution is 6.29. The average molecular weight is 288 g/mol. The minimum absolute atomic E-state index is 0.00359. The number of benzene rings is 1. The summed E-state index contributed by atoms with van der Waals surface area (Å²) in [6, 6.07) is 11.6. The lowest BCUT2D eigenvalue weighted by Crippen LogP contribution is -2.28. The first-order chi connectivity index (χ1) is 9.72. The zero-order valence-electron chi connectivity index (χ0n) is 10.8. The first-order valence-electron chi connectivity index (χ1n) is 6.59. The Morgan fingerprint density at radius 1 is 1.15 bits per heavy atom. The van der Waals surface area contributed by atoms with Gasteiger partial charge in [-0.05, 0) is 42.5 Å². The van der Waals surface area contributed by atoms with Crippen LogP contribution in [0.4, 0.5) is 5.82 Å². The predicted octanol–water partition coefficient (Wildman–Crippen LogP) is 2.87. The Bertz CT molecular complexity index is 627. The third-order valence-electron chi connectivity index (χ3n) is 3.60. The fourth-order valence-electron chi connectivity index (χ4n) is 2.53. The lowest BCUT2D eigenvalue weighted by molar-refractivity contribution is -0.120. The SMILES string of the molecule is O=C(Nc1ccc(Cl)nn1)C1CCc2ccccc2C1. The van der Waals surface area contributed by atoms with Crippen LogP contribution in [0.1, 0.15) is 17.5 Å². The zero-order chi connectivity index (χ0) is 13.9. The van der Waals surface area contributed by atoms with Crippen molar-refractivity contribution in [3.63, 3.8) is 0 Å². The van der Waals surface area contributed by atoms with Gasteiger partial charge in [0.2, 0.25) is 5.91 Å². The highest BCUT2D eigenvalue weighted by atomic mass is 35.5. The van der Waals surface area contributed by atoms with Crippen LogP contribution in [0.2, 0.25) is 5.15 Å². The smallest absolute Gasteiger partial charge is 0.229 e. The van der Waals surface area contributed by atoms with Crippen molar-refractivity contribution in [1.82, 2.24) is 10.2 Å². The molecule has 1 amide bonds. The molecule has 0 radical (unpaired) electrons. The van der Waals surface area contributed by atoms with Crippen molar-refractivity contribution < 1.29 is 4.79 Å². The molecular weight excluding hydrogens is 274 g/mol. The van der Waals surface area contributed by atoms with E-state index in [0.717, 1.165) is 19.3 Å². The summed E-state index contributed by atoms with van der Waals surface area (Å²) in [6.07, 6.45) is 2.59. The summed E-state index contributed by atoms with van der Waals surface area (Å²) in [7, 11) is 0. The molecule has 1 N–H and O–H groups in total. The van der Waals surface area contributed by atoms with Crippen molar-refractivity contribution in [3.8, 4) is 0 Å². The lowest BCUT2D eigenvalue weighted by Gasteiger charge is -2.23. The van der Waals surface area contributed by atoms with Crippen LogP contribution >= 0.6 is 11.6 Å². The minimum atomic E-state index is -0.0117. The predicted molar refractivity (Wildman–Crippen MR) is 77.6 cm³/mol. The average Bonchev–Trinajstić information content (AvgIpc) is 2.49. The third-order valence-corrected chi connectivity index (χ3v) is 3.80. The van der Waals surface area contributed by atoms with Crippen LogP contribution in [0.25, 0.3) is 0 Å². The van der Waals surface area contributed by atoms with E-state index in [9.17, 15) is 4.79 Å². The van der Waals surface area contributed by atoms with Crippen molar-refractivity contribution in [1.29, 1.82) is 0 Å². The summed E-state index contributed by atoms with van der Waals surface area (Å²) in [6.45, 7) is 0. The maximum Gasteiger partial charge on any atom is 0.229 e. The van der Waals surface area contributed by atoms with Gasteiger partial charge in [-0.25, -0.2) is 0 Å². The molecule has 1 aromatic heterocycles. The molecule has 1 atom stereocenters. The van der Waals surface area contributed by atoms with Gasteiger partial charge in [-0.1, -0.05) is 35.9 Å². The van der Waals surface area contributed by atoms with Crippen molar-refractivity contribution >= 4 is 23.3 Å². The molecule has 20 heavy (non-hydrogen) atoms. The van der Waals surface area contributed by atoms with Gasteiger partial charge in [0.25, 0.3) is 0 Å². The second-order valence-electron chi connectivity index (χ2n) is 4.94. The Hall–Kier alpha value is -1.94. The number of aryl methyl sites for hydroxylation is 1. The second kappa shape index (κ2) is 5.59. The second-order valence-corrected chi connectivity index (χ2v) is 5.33. The summed E-state index contributed by atoms with van der Waals surface area (Å²) < 4.78 is 0. The molecule has 0 fully saturated rings. The monoisotopic (exact) mass is 287 g/mol. The van der Waals surface area contributed by atoms with E-state index in [-0.39, 0.29) is 11.8 Å². The molecule has 0 saturated heterocycles. The quantitative estimate of drug-likeness (QED) is 0.924. The van der Waals surface area contributed by atoms with E-state index in [1.54, 1.807) is 12.1 Å². The number of aromatic nitrogens is 2. The molecule has 0 aliphatic heterocycles. The van der Waals surface area contributed by atoms with E-state index in [1.165, 1.54) is 11.1 Å². The molecule has 1 aromatic carbocycles. The van der Waals surface area contributed by atoms with Crippen LogP contribution in [-0.2, 0) is 17.6 Å². The molecule has 0 saturated carbocycles. The number of nitrogens with zero attached hydrogens (tertiary/aromatic N) is 2.